The molecule has 1 amide bonds. The number of hydrogen-bond donors (Lipinski definition) is 1. The smallest absolute Gasteiger partial charge is 0.239 e. The van der Waals surface area contributed by atoms with Gasteiger partial charge in [0.1, 0.15) is 0 Å². The van der Waals surface area contributed by atoms with Crippen molar-refractivity contribution >= 4 is 23.4 Å². The van der Waals surface area contributed by atoms with Crippen molar-refractivity contribution < 1.29 is 4.79 Å². The molecule has 29 heavy (non-hydrogen) atoms. The SMILES string of the molecule is Cc1ccc(CN2CCC(CNC(=O)CN3CCSc4ccccc43)CC2)cc1. The summed E-state index contributed by atoms with van der Waals surface area (Å²) in [5.41, 5.74) is 3.90. The Bertz CT molecular complexity index is 815. The molecule has 0 aliphatic carbocycles. The first-order chi connectivity index (χ1) is 14.2. The highest BCUT2D eigenvalue weighted by Crippen LogP contribution is 2.33. The van der Waals surface area contributed by atoms with Gasteiger partial charge < -0.3 is 10.2 Å². The van der Waals surface area contributed by atoms with Crippen LogP contribution in [0.4, 0.5) is 5.69 Å². The Labute approximate surface area is 178 Å². The molecule has 4 nitrogen and oxygen atoms in total. The van der Waals surface area contributed by atoms with Crippen LogP contribution in [0.15, 0.2) is 53.4 Å². The maximum atomic E-state index is 12.5. The predicted octanol–water partition coefficient (Wildman–Crippen LogP) is 3.94. The highest BCUT2D eigenvalue weighted by molar-refractivity contribution is 7.99. The van der Waals surface area contributed by atoms with Gasteiger partial charge in [0, 0.05) is 30.3 Å². The quantitative estimate of drug-likeness (QED) is 0.784. The van der Waals surface area contributed by atoms with Gasteiger partial charge in [0.05, 0.1) is 12.2 Å². The number of benzene rings is 2. The van der Waals surface area contributed by atoms with Gasteiger partial charge in [-0.1, -0.05) is 42.0 Å². The van der Waals surface area contributed by atoms with Gasteiger partial charge in [-0.25, -0.2) is 0 Å². The van der Waals surface area contributed by atoms with Gasteiger partial charge >= 0.3 is 0 Å². The topological polar surface area (TPSA) is 35.6 Å². The predicted molar refractivity (Wildman–Crippen MR) is 122 cm³/mol. The number of carbonyl (C=O) groups is 1. The van der Waals surface area contributed by atoms with E-state index in [4.69, 9.17) is 0 Å². The number of hydrogen-bond acceptors (Lipinski definition) is 4. The third kappa shape index (κ3) is 5.55. The van der Waals surface area contributed by atoms with E-state index in [-0.39, 0.29) is 5.91 Å². The fourth-order valence-corrected chi connectivity index (χ4v) is 5.23. The van der Waals surface area contributed by atoms with Gasteiger partial charge in [0.2, 0.25) is 5.91 Å². The number of carbonyl (C=O) groups excluding carboxylic acids is 1. The molecule has 2 aliphatic rings. The molecule has 1 fully saturated rings. The first-order valence-corrected chi connectivity index (χ1v) is 11.7. The normalized spacial score (nSPS) is 17.8. The Morgan fingerprint density at radius 1 is 1.07 bits per heavy atom. The monoisotopic (exact) mass is 409 g/mol. The number of rotatable bonds is 6. The molecule has 0 atom stereocenters. The van der Waals surface area contributed by atoms with E-state index in [9.17, 15) is 4.79 Å². The van der Waals surface area contributed by atoms with Crippen molar-refractivity contribution in [2.24, 2.45) is 5.92 Å². The largest absolute Gasteiger partial charge is 0.360 e. The molecule has 2 aromatic carbocycles. The molecule has 1 N–H and O–H groups in total. The van der Waals surface area contributed by atoms with E-state index >= 15 is 0 Å². The zero-order chi connectivity index (χ0) is 20.1. The molecular formula is C24H31N3OS. The summed E-state index contributed by atoms with van der Waals surface area (Å²) in [5.74, 6) is 1.79. The molecule has 4 rings (SSSR count). The lowest BCUT2D eigenvalue weighted by atomic mass is 9.96. The minimum absolute atomic E-state index is 0.147. The molecule has 1 saturated heterocycles. The van der Waals surface area contributed by atoms with Crippen LogP contribution >= 0.6 is 11.8 Å². The highest BCUT2D eigenvalue weighted by atomic mass is 32.2. The summed E-state index contributed by atoms with van der Waals surface area (Å²) >= 11 is 1.88. The number of thioether (sulfide) groups is 1. The number of para-hydroxylation sites is 1. The molecule has 154 valence electrons. The molecule has 2 aliphatic heterocycles. The van der Waals surface area contributed by atoms with E-state index in [1.165, 1.54) is 21.7 Å². The van der Waals surface area contributed by atoms with Gasteiger partial charge in [0.25, 0.3) is 0 Å². The fourth-order valence-electron chi connectivity index (χ4n) is 4.18. The molecule has 5 heteroatoms. The van der Waals surface area contributed by atoms with Crippen molar-refractivity contribution in [2.45, 2.75) is 31.2 Å². The van der Waals surface area contributed by atoms with E-state index in [2.05, 4.69) is 70.6 Å². The summed E-state index contributed by atoms with van der Waals surface area (Å²) in [6, 6.07) is 17.2. The Morgan fingerprint density at radius 3 is 2.62 bits per heavy atom. The van der Waals surface area contributed by atoms with Crippen LogP contribution < -0.4 is 10.2 Å². The number of aryl methyl sites for hydroxylation is 1. The first kappa shape index (κ1) is 20.3. The third-order valence-electron chi connectivity index (χ3n) is 5.98. The molecule has 2 aromatic rings. The summed E-state index contributed by atoms with van der Waals surface area (Å²) in [6.45, 7) is 7.60. The third-order valence-corrected chi connectivity index (χ3v) is 7.02. The number of likely N-dealkylation sites (tertiary alicyclic amines) is 1. The number of anilines is 1. The zero-order valence-electron chi connectivity index (χ0n) is 17.3. The maximum Gasteiger partial charge on any atom is 0.239 e. The molecule has 0 radical (unpaired) electrons. The number of nitrogens with zero attached hydrogens (tertiary/aromatic N) is 2. The van der Waals surface area contributed by atoms with Gasteiger partial charge in [-0.3, -0.25) is 9.69 Å². The van der Waals surface area contributed by atoms with Crippen molar-refractivity contribution in [1.82, 2.24) is 10.2 Å². The van der Waals surface area contributed by atoms with Gasteiger partial charge in [-0.15, -0.1) is 11.8 Å². The van der Waals surface area contributed by atoms with Crippen LogP contribution in [-0.2, 0) is 11.3 Å². The number of amides is 1. The van der Waals surface area contributed by atoms with Crippen LogP contribution in [0.1, 0.15) is 24.0 Å². The van der Waals surface area contributed by atoms with E-state index in [0.717, 1.165) is 51.3 Å². The minimum atomic E-state index is 0.147. The van der Waals surface area contributed by atoms with E-state index < -0.39 is 0 Å². The van der Waals surface area contributed by atoms with Crippen molar-refractivity contribution in [3.63, 3.8) is 0 Å². The summed E-state index contributed by atoms with van der Waals surface area (Å²) < 4.78 is 0. The standard InChI is InChI=1S/C24H31N3OS/c1-19-6-8-21(9-7-19)17-26-12-10-20(11-13-26)16-25-24(28)18-27-14-15-29-23-5-3-2-4-22(23)27/h2-9,20H,10-18H2,1H3,(H,25,28). The number of fused-ring (bicyclic) bond motifs is 1. The molecule has 0 unspecified atom stereocenters. The lowest BCUT2D eigenvalue weighted by Gasteiger charge is -2.33. The second kappa shape index (κ2) is 9.68. The molecular weight excluding hydrogens is 378 g/mol. The van der Waals surface area contributed by atoms with Crippen LogP contribution in [0, 0.1) is 12.8 Å². The van der Waals surface area contributed by atoms with Gasteiger partial charge in [-0.2, -0.15) is 0 Å². The van der Waals surface area contributed by atoms with Crippen molar-refractivity contribution in [3.05, 3.63) is 59.7 Å². The zero-order valence-corrected chi connectivity index (χ0v) is 18.1. The van der Waals surface area contributed by atoms with Crippen LogP contribution in [0.3, 0.4) is 0 Å². The van der Waals surface area contributed by atoms with E-state index in [1.807, 2.05) is 11.8 Å². The van der Waals surface area contributed by atoms with Gasteiger partial charge in [-0.05, 0) is 56.5 Å². The van der Waals surface area contributed by atoms with Crippen LogP contribution in [0.5, 0.6) is 0 Å². The maximum absolute atomic E-state index is 12.5. The van der Waals surface area contributed by atoms with E-state index in [0.29, 0.717) is 12.5 Å². The number of piperidine rings is 1. The van der Waals surface area contributed by atoms with Crippen molar-refractivity contribution in [2.75, 3.05) is 43.4 Å². The summed E-state index contributed by atoms with van der Waals surface area (Å²) in [6.07, 6.45) is 2.32. The summed E-state index contributed by atoms with van der Waals surface area (Å²) in [4.78, 5) is 18.6. The highest BCUT2D eigenvalue weighted by Gasteiger charge is 2.22. The fraction of sp³-hybridized carbons (Fsp3) is 0.458. The Balaban J connectivity index is 1.19. The van der Waals surface area contributed by atoms with Crippen molar-refractivity contribution in [1.29, 1.82) is 0 Å². The lowest BCUT2D eigenvalue weighted by Crippen LogP contribution is -2.43. The average Bonchev–Trinajstić information content (AvgIpc) is 2.75. The average molecular weight is 410 g/mol. The Morgan fingerprint density at radius 2 is 1.83 bits per heavy atom. The molecule has 0 bridgehead atoms. The van der Waals surface area contributed by atoms with Crippen LogP contribution in [0.25, 0.3) is 0 Å². The van der Waals surface area contributed by atoms with Crippen LogP contribution in [-0.4, -0.2) is 49.3 Å². The van der Waals surface area contributed by atoms with Gasteiger partial charge in [0.15, 0.2) is 0 Å². The second-order valence-corrected chi connectivity index (χ2v) is 9.38. The van der Waals surface area contributed by atoms with E-state index in [1.54, 1.807) is 0 Å². The first-order valence-electron chi connectivity index (χ1n) is 10.7. The Hall–Kier alpha value is -1.98. The summed E-state index contributed by atoms with van der Waals surface area (Å²) in [7, 11) is 0. The second-order valence-electron chi connectivity index (χ2n) is 8.25. The molecule has 2 heterocycles. The lowest BCUT2D eigenvalue weighted by molar-refractivity contribution is -0.120. The van der Waals surface area contributed by atoms with Crippen LogP contribution in [0.2, 0.25) is 0 Å². The summed E-state index contributed by atoms with van der Waals surface area (Å²) in [5, 5.41) is 3.20. The molecule has 0 saturated carbocycles. The number of nitrogens with one attached hydrogen (secondary N) is 1. The molecule has 0 aromatic heterocycles. The molecule has 0 spiro atoms. The van der Waals surface area contributed by atoms with Crippen molar-refractivity contribution in [3.8, 4) is 0 Å². The minimum Gasteiger partial charge on any atom is -0.360 e. The Kier molecular flexibility index (Phi) is 6.78.